The third-order valence-corrected chi connectivity index (χ3v) is 6.26. The SMILES string of the molecule is CC(C)CC1CC(C(=O)N(C)CC2CCN(CCc3cccc(F)c3)CC2)NN1. The Morgan fingerprint density at radius 2 is 2.03 bits per heavy atom. The number of piperidine rings is 1. The van der Waals surface area contributed by atoms with Gasteiger partial charge >= 0.3 is 0 Å². The fraction of sp³-hybridized carbons (Fsp3) is 0.696. The molecule has 0 aliphatic carbocycles. The number of carbonyl (C=O) groups is 1. The maximum absolute atomic E-state index is 13.3. The first-order valence-electron chi connectivity index (χ1n) is 11.1. The number of nitrogens with zero attached hydrogens (tertiary/aromatic N) is 2. The van der Waals surface area contributed by atoms with Crippen LogP contribution in [0.25, 0.3) is 0 Å². The van der Waals surface area contributed by atoms with Crippen LogP contribution in [0, 0.1) is 17.7 Å². The van der Waals surface area contributed by atoms with Crippen molar-refractivity contribution in [3.05, 3.63) is 35.6 Å². The molecule has 0 radical (unpaired) electrons. The van der Waals surface area contributed by atoms with Gasteiger partial charge in [0.1, 0.15) is 11.9 Å². The van der Waals surface area contributed by atoms with Gasteiger partial charge in [-0.2, -0.15) is 0 Å². The molecule has 1 aromatic rings. The maximum Gasteiger partial charge on any atom is 0.240 e. The van der Waals surface area contributed by atoms with Crippen LogP contribution in [0.5, 0.6) is 0 Å². The molecular formula is C23H37FN4O. The minimum absolute atomic E-state index is 0.102. The van der Waals surface area contributed by atoms with Crippen LogP contribution in [0.3, 0.4) is 0 Å². The summed E-state index contributed by atoms with van der Waals surface area (Å²) in [4.78, 5) is 17.2. The highest BCUT2D eigenvalue weighted by Crippen LogP contribution is 2.20. The van der Waals surface area contributed by atoms with Gasteiger partial charge in [0.25, 0.3) is 0 Å². The van der Waals surface area contributed by atoms with Gasteiger partial charge < -0.3 is 9.80 Å². The molecule has 162 valence electrons. The van der Waals surface area contributed by atoms with Crippen LogP contribution in [0.2, 0.25) is 0 Å². The first kappa shape index (κ1) is 22.2. The van der Waals surface area contributed by atoms with Crippen molar-refractivity contribution >= 4 is 5.91 Å². The van der Waals surface area contributed by atoms with E-state index in [9.17, 15) is 9.18 Å². The highest BCUT2D eigenvalue weighted by atomic mass is 19.1. The zero-order valence-electron chi connectivity index (χ0n) is 18.2. The molecule has 2 N–H and O–H groups in total. The Balaban J connectivity index is 1.36. The van der Waals surface area contributed by atoms with Crippen LogP contribution >= 0.6 is 0 Å². The fourth-order valence-corrected chi connectivity index (χ4v) is 4.62. The molecule has 0 saturated carbocycles. The fourth-order valence-electron chi connectivity index (χ4n) is 4.62. The van der Waals surface area contributed by atoms with Crippen LogP contribution in [-0.2, 0) is 11.2 Å². The average molecular weight is 405 g/mol. The number of carbonyl (C=O) groups excluding carboxylic acids is 1. The van der Waals surface area contributed by atoms with Gasteiger partial charge in [-0.1, -0.05) is 26.0 Å². The topological polar surface area (TPSA) is 47.6 Å². The lowest BCUT2D eigenvalue weighted by molar-refractivity contribution is -0.132. The van der Waals surface area contributed by atoms with Crippen molar-refractivity contribution in [3.8, 4) is 0 Å². The van der Waals surface area contributed by atoms with Crippen molar-refractivity contribution in [1.82, 2.24) is 20.7 Å². The number of amides is 1. The summed E-state index contributed by atoms with van der Waals surface area (Å²) < 4.78 is 13.3. The largest absolute Gasteiger partial charge is 0.344 e. The summed E-state index contributed by atoms with van der Waals surface area (Å²) in [6.45, 7) is 8.35. The summed E-state index contributed by atoms with van der Waals surface area (Å²) in [5.41, 5.74) is 7.54. The van der Waals surface area contributed by atoms with E-state index in [1.54, 1.807) is 12.1 Å². The van der Waals surface area contributed by atoms with E-state index in [1.165, 1.54) is 6.07 Å². The Labute approximate surface area is 175 Å². The van der Waals surface area contributed by atoms with E-state index in [4.69, 9.17) is 0 Å². The van der Waals surface area contributed by atoms with E-state index in [2.05, 4.69) is 29.6 Å². The van der Waals surface area contributed by atoms with Crippen LogP contribution in [0.15, 0.2) is 24.3 Å². The quantitative estimate of drug-likeness (QED) is 0.700. The molecule has 0 aromatic heterocycles. The minimum atomic E-state index is -0.156. The molecular weight excluding hydrogens is 367 g/mol. The zero-order chi connectivity index (χ0) is 20.8. The van der Waals surface area contributed by atoms with Crippen molar-refractivity contribution in [2.75, 3.05) is 33.2 Å². The van der Waals surface area contributed by atoms with Crippen LogP contribution < -0.4 is 10.9 Å². The Bertz CT molecular complexity index is 660. The molecule has 2 fully saturated rings. The number of likely N-dealkylation sites (N-methyl/N-ethyl adjacent to an activating group) is 1. The van der Waals surface area contributed by atoms with Crippen LogP contribution in [0.1, 0.15) is 45.1 Å². The summed E-state index contributed by atoms with van der Waals surface area (Å²) in [7, 11) is 1.94. The lowest BCUT2D eigenvalue weighted by Gasteiger charge is -2.34. The lowest BCUT2D eigenvalue weighted by atomic mass is 9.95. The number of hydrogen-bond acceptors (Lipinski definition) is 4. The number of rotatable bonds is 8. The molecule has 0 bridgehead atoms. The Hall–Kier alpha value is -1.50. The van der Waals surface area contributed by atoms with Gasteiger partial charge in [-0.15, -0.1) is 0 Å². The molecule has 2 unspecified atom stereocenters. The van der Waals surface area contributed by atoms with Crippen molar-refractivity contribution in [3.63, 3.8) is 0 Å². The first-order valence-corrected chi connectivity index (χ1v) is 11.1. The highest BCUT2D eigenvalue weighted by Gasteiger charge is 2.32. The summed E-state index contributed by atoms with van der Waals surface area (Å²) in [5, 5.41) is 0. The summed E-state index contributed by atoms with van der Waals surface area (Å²) >= 11 is 0. The van der Waals surface area contributed by atoms with Crippen LogP contribution in [0.4, 0.5) is 4.39 Å². The average Bonchev–Trinajstić information content (AvgIpc) is 3.14. The monoisotopic (exact) mass is 404 g/mol. The van der Waals surface area contributed by atoms with Gasteiger partial charge in [0.2, 0.25) is 5.91 Å². The molecule has 2 atom stereocenters. The van der Waals surface area contributed by atoms with Gasteiger partial charge in [0.15, 0.2) is 0 Å². The van der Waals surface area contributed by atoms with Crippen molar-refractivity contribution in [2.45, 2.75) is 58.0 Å². The predicted molar refractivity (Wildman–Crippen MR) is 115 cm³/mol. The van der Waals surface area contributed by atoms with E-state index < -0.39 is 0 Å². The van der Waals surface area contributed by atoms with Crippen LogP contribution in [-0.4, -0.2) is 61.0 Å². The molecule has 2 aliphatic heterocycles. The summed E-state index contributed by atoms with van der Waals surface area (Å²) in [6, 6.07) is 7.19. The highest BCUT2D eigenvalue weighted by molar-refractivity contribution is 5.82. The second-order valence-corrected chi connectivity index (χ2v) is 9.29. The molecule has 5 nitrogen and oxygen atoms in total. The Kier molecular flexibility index (Phi) is 8.04. The second kappa shape index (κ2) is 10.5. The number of benzene rings is 1. The van der Waals surface area contributed by atoms with Gasteiger partial charge in [-0.05, 0) is 74.7 Å². The van der Waals surface area contributed by atoms with Gasteiger partial charge in [-0.3, -0.25) is 10.2 Å². The predicted octanol–water partition coefficient (Wildman–Crippen LogP) is 2.82. The number of hydrazine groups is 1. The summed E-state index contributed by atoms with van der Waals surface area (Å²) in [6.07, 6.45) is 5.09. The van der Waals surface area contributed by atoms with Gasteiger partial charge in [0.05, 0.1) is 0 Å². The number of halogens is 1. The third-order valence-electron chi connectivity index (χ3n) is 6.26. The van der Waals surface area contributed by atoms with Crippen molar-refractivity contribution in [2.24, 2.45) is 11.8 Å². The summed E-state index contributed by atoms with van der Waals surface area (Å²) in [5.74, 6) is 1.25. The maximum atomic E-state index is 13.3. The van der Waals surface area contributed by atoms with E-state index in [1.807, 2.05) is 18.0 Å². The smallest absolute Gasteiger partial charge is 0.240 e. The van der Waals surface area contributed by atoms with Crippen molar-refractivity contribution < 1.29 is 9.18 Å². The molecule has 29 heavy (non-hydrogen) atoms. The number of likely N-dealkylation sites (tertiary alicyclic amines) is 1. The number of nitrogens with one attached hydrogen (secondary N) is 2. The molecule has 3 rings (SSSR count). The lowest BCUT2D eigenvalue weighted by Crippen LogP contribution is -2.46. The molecule has 2 aliphatic rings. The van der Waals surface area contributed by atoms with E-state index in [0.29, 0.717) is 17.9 Å². The van der Waals surface area contributed by atoms with E-state index in [0.717, 1.165) is 63.8 Å². The third kappa shape index (κ3) is 6.76. The standard InChI is InChI=1S/C23H37FN4O/c1-17(2)13-21-15-22(26-25-21)23(29)27(3)16-19-8-11-28(12-9-19)10-7-18-5-4-6-20(24)14-18/h4-6,14,17,19,21-22,25-26H,7-13,15-16H2,1-3H3. The first-order chi connectivity index (χ1) is 13.9. The van der Waals surface area contributed by atoms with Gasteiger partial charge in [0, 0.05) is 26.2 Å². The minimum Gasteiger partial charge on any atom is -0.344 e. The molecule has 6 heteroatoms. The Morgan fingerprint density at radius 1 is 1.28 bits per heavy atom. The normalized spacial score (nSPS) is 23.6. The molecule has 2 heterocycles. The van der Waals surface area contributed by atoms with E-state index in [-0.39, 0.29) is 17.8 Å². The molecule has 0 spiro atoms. The molecule has 2 saturated heterocycles. The molecule has 1 amide bonds. The number of hydrogen-bond donors (Lipinski definition) is 2. The second-order valence-electron chi connectivity index (χ2n) is 9.29. The van der Waals surface area contributed by atoms with E-state index >= 15 is 0 Å². The van der Waals surface area contributed by atoms with Gasteiger partial charge in [-0.25, -0.2) is 9.82 Å². The Morgan fingerprint density at radius 3 is 2.72 bits per heavy atom. The molecule has 1 aromatic carbocycles. The zero-order valence-corrected chi connectivity index (χ0v) is 18.2. The van der Waals surface area contributed by atoms with Crippen molar-refractivity contribution in [1.29, 1.82) is 0 Å².